The summed E-state index contributed by atoms with van der Waals surface area (Å²) in [4.78, 5) is 0. The molecule has 15 heavy (non-hydrogen) atoms. The van der Waals surface area contributed by atoms with Crippen molar-refractivity contribution in [3.63, 3.8) is 0 Å². The van der Waals surface area contributed by atoms with Crippen LogP contribution in [0.25, 0.3) is 0 Å². The molecule has 1 rings (SSSR count). The second-order valence-electron chi connectivity index (χ2n) is 3.39. The van der Waals surface area contributed by atoms with Crippen LogP contribution in [0, 0.1) is 0 Å². The van der Waals surface area contributed by atoms with Gasteiger partial charge in [-0.25, -0.2) is 0 Å². The van der Waals surface area contributed by atoms with Crippen LogP contribution in [0.15, 0.2) is 24.3 Å². The second kappa shape index (κ2) is 7.26. The molecule has 0 saturated heterocycles. The Morgan fingerprint density at radius 3 is 2.93 bits per heavy atom. The van der Waals surface area contributed by atoms with Crippen molar-refractivity contribution in [2.75, 3.05) is 27.3 Å². The lowest BCUT2D eigenvalue weighted by Gasteiger charge is -2.07. The first-order valence-corrected chi connectivity index (χ1v) is 5.22. The highest BCUT2D eigenvalue weighted by Gasteiger charge is 1.96. The van der Waals surface area contributed by atoms with Crippen molar-refractivity contribution in [2.45, 2.75) is 13.0 Å². The van der Waals surface area contributed by atoms with E-state index in [-0.39, 0.29) is 0 Å². The van der Waals surface area contributed by atoms with Gasteiger partial charge in [-0.3, -0.25) is 0 Å². The molecule has 0 unspecified atom stereocenters. The molecule has 0 aliphatic carbocycles. The molecule has 1 aromatic rings. The van der Waals surface area contributed by atoms with Crippen LogP contribution < -0.4 is 10.1 Å². The van der Waals surface area contributed by atoms with E-state index in [0.717, 1.165) is 30.9 Å². The van der Waals surface area contributed by atoms with Gasteiger partial charge in [0.1, 0.15) is 5.75 Å². The van der Waals surface area contributed by atoms with E-state index in [2.05, 4.69) is 5.32 Å². The lowest BCUT2D eigenvalue weighted by molar-refractivity contribution is 0.184. The fraction of sp³-hybridized carbons (Fsp3) is 0.500. The van der Waals surface area contributed by atoms with Crippen LogP contribution in [0.5, 0.6) is 5.75 Å². The summed E-state index contributed by atoms with van der Waals surface area (Å²) in [5.41, 5.74) is 1.14. The van der Waals surface area contributed by atoms with E-state index in [1.807, 2.05) is 31.3 Å². The minimum atomic E-state index is 0.633. The summed E-state index contributed by atoms with van der Waals surface area (Å²) in [6.45, 7) is 2.36. The molecule has 3 nitrogen and oxygen atoms in total. The molecule has 0 aliphatic heterocycles. The van der Waals surface area contributed by atoms with Crippen molar-refractivity contribution in [3.05, 3.63) is 29.8 Å². The van der Waals surface area contributed by atoms with E-state index in [4.69, 9.17) is 9.47 Å². The summed E-state index contributed by atoms with van der Waals surface area (Å²) in [6.07, 6.45) is 1.02. The Hall–Kier alpha value is -1.06. The highest BCUT2D eigenvalue weighted by Crippen LogP contribution is 2.13. The van der Waals surface area contributed by atoms with Gasteiger partial charge in [0, 0.05) is 7.11 Å². The predicted octanol–water partition coefficient (Wildman–Crippen LogP) is 1.82. The first-order chi connectivity index (χ1) is 7.36. The van der Waals surface area contributed by atoms with E-state index in [1.165, 1.54) is 0 Å². The zero-order valence-electron chi connectivity index (χ0n) is 9.45. The molecule has 0 heterocycles. The van der Waals surface area contributed by atoms with Crippen LogP contribution in [0.4, 0.5) is 0 Å². The summed E-state index contributed by atoms with van der Waals surface area (Å²) in [5.74, 6) is 0.917. The van der Waals surface area contributed by atoms with Gasteiger partial charge in [0.25, 0.3) is 0 Å². The molecule has 0 aromatic heterocycles. The molecule has 0 saturated carbocycles. The Bertz CT molecular complexity index is 276. The van der Waals surface area contributed by atoms with Gasteiger partial charge in [-0.2, -0.15) is 0 Å². The van der Waals surface area contributed by atoms with E-state index < -0.39 is 0 Å². The van der Waals surface area contributed by atoms with E-state index >= 15 is 0 Å². The van der Waals surface area contributed by atoms with Crippen LogP contribution in [0.2, 0.25) is 0 Å². The zero-order chi connectivity index (χ0) is 10.9. The molecule has 0 fully saturated rings. The Kier molecular flexibility index (Phi) is 5.81. The maximum Gasteiger partial charge on any atom is 0.119 e. The number of benzene rings is 1. The fourth-order valence-electron chi connectivity index (χ4n) is 1.33. The monoisotopic (exact) mass is 209 g/mol. The first kappa shape index (κ1) is 12.0. The molecule has 1 aromatic carbocycles. The number of rotatable bonds is 7. The largest absolute Gasteiger partial charge is 0.494 e. The third-order valence-corrected chi connectivity index (χ3v) is 2.05. The van der Waals surface area contributed by atoms with Crippen LogP contribution in [0.3, 0.4) is 0 Å². The fourth-order valence-corrected chi connectivity index (χ4v) is 1.33. The van der Waals surface area contributed by atoms with Gasteiger partial charge in [0.2, 0.25) is 0 Å². The third kappa shape index (κ3) is 4.81. The van der Waals surface area contributed by atoms with Crippen molar-refractivity contribution < 1.29 is 9.47 Å². The number of hydrogen-bond donors (Lipinski definition) is 1. The number of ether oxygens (including phenoxy) is 2. The number of nitrogens with one attached hydrogen (secondary N) is 1. The van der Waals surface area contributed by atoms with Gasteiger partial charge >= 0.3 is 0 Å². The van der Waals surface area contributed by atoms with E-state index in [9.17, 15) is 0 Å². The van der Waals surface area contributed by atoms with Crippen molar-refractivity contribution >= 4 is 0 Å². The van der Waals surface area contributed by atoms with Crippen LogP contribution in [-0.2, 0) is 11.3 Å². The van der Waals surface area contributed by atoms with Crippen LogP contribution in [0.1, 0.15) is 12.0 Å². The van der Waals surface area contributed by atoms with Crippen LogP contribution >= 0.6 is 0 Å². The van der Waals surface area contributed by atoms with E-state index in [0.29, 0.717) is 6.61 Å². The summed E-state index contributed by atoms with van der Waals surface area (Å²) in [6, 6.07) is 8.01. The topological polar surface area (TPSA) is 30.5 Å². The minimum Gasteiger partial charge on any atom is -0.494 e. The summed E-state index contributed by atoms with van der Waals surface area (Å²) < 4.78 is 10.7. The lowest BCUT2D eigenvalue weighted by atomic mass is 10.2. The zero-order valence-corrected chi connectivity index (χ0v) is 9.45. The summed E-state index contributed by atoms with van der Waals surface area (Å²) >= 11 is 0. The molecule has 0 atom stereocenters. The highest BCUT2D eigenvalue weighted by molar-refractivity contribution is 5.28. The van der Waals surface area contributed by atoms with Crippen molar-refractivity contribution in [3.8, 4) is 5.75 Å². The smallest absolute Gasteiger partial charge is 0.119 e. The predicted molar refractivity (Wildman–Crippen MR) is 61.2 cm³/mol. The van der Waals surface area contributed by atoms with Gasteiger partial charge in [-0.1, -0.05) is 12.1 Å². The average Bonchev–Trinajstić information content (AvgIpc) is 2.26. The Labute approximate surface area is 91.4 Å². The van der Waals surface area contributed by atoms with Gasteiger partial charge in [-0.15, -0.1) is 0 Å². The second-order valence-corrected chi connectivity index (χ2v) is 3.39. The van der Waals surface area contributed by atoms with Gasteiger partial charge in [0.05, 0.1) is 13.2 Å². The first-order valence-electron chi connectivity index (χ1n) is 5.22. The Morgan fingerprint density at radius 1 is 1.33 bits per heavy atom. The number of hydrogen-bond acceptors (Lipinski definition) is 3. The lowest BCUT2D eigenvalue weighted by Crippen LogP contribution is -2.11. The quantitative estimate of drug-likeness (QED) is 0.695. The van der Waals surface area contributed by atoms with Crippen LogP contribution in [-0.4, -0.2) is 27.3 Å². The molecule has 0 spiro atoms. The third-order valence-electron chi connectivity index (χ3n) is 2.05. The van der Waals surface area contributed by atoms with Gasteiger partial charge in [0.15, 0.2) is 0 Å². The Balaban J connectivity index is 2.36. The molecule has 1 N–H and O–H groups in total. The minimum absolute atomic E-state index is 0.633. The van der Waals surface area contributed by atoms with Gasteiger partial charge < -0.3 is 14.8 Å². The highest BCUT2D eigenvalue weighted by atomic mass is 16.5. The molecule has 0 amide bonds. The molecular weight excluding hydrogens is 190 g/mol. The summed E-state index contributed by atoms with van der Waals surface area (Å²) in [7, 11) is 3.64. The molecular formula is C12H19NO2. The number of methoxy groups -OCH3 is 1. The molecule has 3 heteroatoms. The molecule has 84 valence electrons. The van der Waals surface area contributed by atoms with Crippen molar-refractivity contribution in [1.29, 1.82) is 0 Å². The molecule has 0 aliphatic rings. The van der Waals surface area contributed by atoms with E-state index in [1.54, 1.807) is 7.11 Å². The maximum atomic E-state index is 5.60. The Morgan fingerprint density at radius 2 is 2.20 bits per heavy atom. The van der Waals surface area contributed by atoms with Crippen molar-refractivity contribution in [1.82, 2.24) is 5.32 Å². The van der Waals surface area contributed by atoms with Crippen molar-refractivity contribution in [2.24, 2.45) is 0 Å². The SMILES string of the molecule is CNCCCOc1cccc(COC)c1. The average molecular weight is 209 g/mol. The molecule has 0 radical (unpaired) electrons. The molecule has 0 bridgehead atoms. The summed E-state index contributed by atoms with van der Waals surface area (Å²) in [5, 5.41) is 3.09. The standard InChI is InChI=1S/C12H19NO2/c1-13-7-4-8-15-12-6-3-5-11(9-12)10-14-2/h3,5-6,9,13H,4,7-8,10H2,1-2H3. The normalized spacial score (nSPS) is 10.3. The maximum absolute atomic E-state index is 5.60. The van der Waals surface area contributed by atoms with Gasteiger partial charge in [-0.05, 0) is 37.7 Å².